The number of nitrogens with one attached hydrogen (secondary N) is 1. The highest BCUT2D eigenvalue weighted by molar-refractivity contribution is 6.04. The third kappa shape index (κ3) is 4.18. The lowest BCUT2D eigenvalue weighted by Crippen LogP contribution is -2.32. The Morgan fingerprint density at radius 3 is 2.57 bits per heavy atom. The first kappa shape index (κ1) is 17.2. The lowest BCUT2D eigenvalue weighted by molar-refractivity contribution is 0.0943. The molecule has 124 valence electrons. The van der Waals surface area contributed by atoms with Gasteiger partial charge >= 0.3 is 0 Å². The Hall–Kier alpha value is -2.17. The van der Waals surface area contributed by atoms with Crippen molar-refractivity contribution in [2.24, 2.45) is 5.92 Å². The number of amides is 1. The fourth-order valence-electron chi connectivity index (χ4n) is 2.45. The third-order valence-corrected chi connectivity index (χ3v) is 3.73. The average molecular weight is 315 g/mol. The van der Waals surface area contributed by atoms with E-state index in [-0.39, 0.29) is 11.5 Å². The van der Waals surface area contributed by atoms with Crippen LogP contribution in [0.15, 0.2) is 29.1 Å². The molecular formula is C18H25N3O2. The number of benzene rings is 1. The molecule has 23 heavy (non-hydrogen) atoms. The van der Waals surface area contributed by atoms with Gasteiger partial charge in [0.15, 0.2) is 5.69 Å². The van der Waals surface area contributed by atoms with Crippen LogP contribution in [0.4, 0.5) is 0 Å². The zero-order valence-electron chi connectivity index (χ0n) is 14.1. The number of aromatic nitrogens is 2. The van der Waals surface area contributed by atoms with Crippen LogP contribution in [0.2, 0.25) is 0 Å². The van der Waals surface area contributed by atoms with Crippen molar-refractivity contribution in [3.05, 3.63) is 40.3 Å². The van der Waals surface area contributed by atoms with Gasteiger partial charge in [-0.05, 0) is 18.4 Å². The molecule has 0 unspecified atom stereocenters. The molecule has 2 aromatic rings. The van der Waals surface area contributed by atoms with E-state index >= 15 is 0 Å². The molecule has 2 rings (SSSR count). The minimum atomic E-state index is -0.223. The number of rotatable bonds is 7. The number of carbonyl (C=O) groups is 1. The summed E-state index contributed by atoms with van der Waals surface area (Å²) in [6.07, 6.45) is 2.99. The summed E-state index contributed by atoms with van der Waals surface area (Å²) >= 11 is 0. The SMILES string of the molecule is CCCCCn1nc(C(=O)NCC(C)C)c2ccccc2c1=O. The molecule has 0 bridgehead atoms. The van der Waals surface area contributed by atoms with Crippen molar-refractivity contribution < 1.29 is 4.79 Å². The highest BCUT2D eigenvalue weighted by Gasteiger charge is 2.16. The molecule has 0 saturated carbocycles. The quantitative estimate of drug-likeness (QED) is 0.799. The molecule has 1 heterocycles. The molecule has 1 aromatic heterocycles. The van der Waals surface area contributed by atoms with Crippen LogP contribution in [0, 0.1) is 5.92 Å². The summed E-state index contributed by atoms with van der Waals surface area (Å²) in [5, 5.41) is 8.40. The molecule has 5 heteroatoms. The van der Waals surface area contributed by atoms with E-state index in [0.29, 0.717) is 35.5 Å². The zero-order valence-corrected chi connectivity index (χ0v) is 14.1. The molecule has 0 radical (unpaired) electrons. The Labute approximate surface area is 136 Å². The van der Waals surface area contributed by atoms with E-state index in [1.807, 2.05) is 26.0 Å². The van der Waals surface area contributed by atoms with Crippen LogP contribution in [0.1, 0.15) is 50.5 Å². The van der Waals surface area contributed by atoms with E-state index in [1.54, 1.807) is 12.1 Å². The van der Waals surface area contributed by atoms with Gasteiger partial charge in [-0.15, -0.1) is 0 Å². The van der Waals surface area contributed by atoms with Gasteiger partial charge in [-0.25, -0.2) is 4.68 Å². The molecular weight excluding hydrogens is 290 g/mol. The third-order valence-electron chi connectivity index (χ3n) is 3.73. The summed E-state index contributed by atoms with van der Waals surface area (Å²) < 4.78 is 1.43. The maximum absolute atomic E-state index is 12.5. The number of hydrogen-bond donors (Lipinski definition) is 1. The largest absolute Gasteiger partial charge is 0.350 e. The maximum atomic E-state index is 12.5. The topological polar surface area (TPSA) is 64.0 Å². The molecule has 1 aromatic carbocycles. The van der Waals surface area contributed by atoms with Crippen LogP contribution in [0.5, 0.6) is 0 Å². The zero-order chi connectivity index (χ0) is 16.8. The molecule has 0 atom stereocenters. The number of carbonyl (C=O) groups excluding carboxylic acids is 1. The first-order valence-corrected chi connectivity index (χ1v) is 8.32. The lowest BCUT2D eigenvalue weighted by atomic mass is 10.1. The van der Waals surface area contributed by atoms with Crippen LogP contribution >= 0.6 is 0 Å². The molecule has 0 spiro atoms. The summed E-state index contributed by atoms with van der Waals surface area (Å²) in [7, 11) is 0. The molecule has 0 aliphatic rings. The van der Waals surface area contributed by atoms with Crippen molar-refractivity contribution in [2.45, 2.75) is 46.6 Å². The van der Waals surface area contributed by atoms with Gasteiger partial charge in [0, 0.05) is 18.5 Å². The Kier molecular flexibility index (Phi) is 5.90. The van der Waals surface area contributed by atoms with Gasteiger partial charge in [0.25, 0.3) is 11.5 Å². The smallest absolute Gasteiger partial charge is 0.274 e. The first-order chi connectivity index (χ1) is 11.0. The summed E-state index contributed by atoms with van der Waals surface area (Å²) in [4.78, 5) is 25.0. The molecule has 0 fully saturated rings. The number of nitrogens with zero attached hydrogens (tertiary/aromatic N) is 2. The van der Waals surface area contributed by atoms with E-state index in [0.717, 1.165) is 19.3 Å². The summed E-state index contributed by atoms with van der Waals surface area (Å²) in [5.41, 5.74) is 0.203. The average Bonchev–Trinajstić information content (AvgIpc) is 2.55. The molecule has 1 N–H and O–H groups in total. The van der Waals surface area contributed by atoms with Gasteiger partial charge in [0.1, 0.15) is 0 Å². The van der Waals surface area contributed by atoms with Gasteiger partial charge < -0.3 is 5.32 Å². The monoisotopic (exact) mass is 315 g/mol. The number of unbranched alkanes of at least 4 members (excludes halogenated alkanes) is 2. The van der Waals surface area contributed by atoms with Crippen LogP contribution in [0.3, 0.4) is 0 Å². The number of aryl methyl sites for hydroxylation is 1. The second-order valence-electron chi connectivity index (χ2n) is 6.23. The Morgan fingerprint density at radius 1 is 1.22 bits per heavy atom. The van der Waals surface area contributed by atoms with Crippen molar-refractivity contribution in [1.82, 2.24) is 15.1 Å². The Morgan fingerprint density at radius 2 is 1.91 bits per heavy atom. The van der Waals surface area contributed by atoms with Gasteiger partial charge in [-0.1, -0.05) is 51.8 Å². The highest BCUT2D eigenvalue weighted by atomic mass is 16.2. The predicted molar refractivity (Wildman–Crippen MR) is 92.7 cm³/mol. The van der Waals surface area contributed by atoms with E-state index in [1.165, 1.54) is 4.68 Å². The fourth-order valence-corrected chi connectivity index (χ4v) is 2.45. The van der Waals surface area contributed by atoms with Gasteiger partial charge in [-0.2, -0.15) is 5.10 Å². The fraction of sp³-hybridized carbons (Fsp3) is 0.500. The van der Waals surface area contributed by atoms with Crippen LogP contribution in [-0.2, 0) is 6.54 Å². The molecule has 5 nitrogen and oxygen atoms in total. The Balaban J connectivity index is 2.43. The van der Waals surface area contributed by atoms with Crippen LogP contribution in [0.25, 0.3) is 10.8 Å². The minimum absolute atomic E-state index is 0.128. The number of fused-ring (bicyclic) bond motifs is 1. The second kappa shape index (κ2) is 7.90. The van der Waals surface area contributed by atoms with E-state index in [9.17, 15) is 9.59 Å². The molecule has 0 saturated heterocycles. The molecule has 1 amide bonds. The standard InChI is InChI=1S/C18H25N3O2/c1-4-5-8-11-21-18(23)15-10-7-6-9-14(15)16(20-21)17(22)19-12-13(2)3/h6-7,9-10,13H,4-5,8,11-12H2,1-3H3,(H,19,22). The van der Waals surface area contributed by atoms with Crippen molar-refractivity contribution in [2.75, 3.05) is 6.54 Å². The first-order valence-electron chi connectivity index (χ1n) is 8.32. The second-order valence-corrected chi connectivity index (χ2v) is 6.23. The van der Waals surface area contributed by atoms with Crippen LogP contribution in [-0.4, -0.2) is 22.2 Å². The van der Waals surface area contributed by atoms with E-state index < -0.39 is 0 Å². The van der Waals surface area contributed by atoms with E-state index in [4.69, 9.17) is 0 Å². The van der Waals surface area contributed by atoms with Gasteiger partial charge in [0.2, 0.25) is 0 Å². The normalized spacial score (nSPS) is 11.1. The van der Waals surface area contributed by atoms with Crippen molar-refractivity contribution in [3.63, 3.8) is 0 Å². The number of hydrogen-bond acceptors (Lipinski definition) is 3. The maximum Gasteiger partial charge on any atom is 0.274 e. The van der Waals surface area contributed by atoms with Crippen molar-refractivity contribution in [3.8, 4) is 0 Å². The van der Waals surface area contributed by atoms with Crippen molar-refractivity contribution >= 4 is 16.7 Å². The van der Waals surface area contributed by atoms with Gasteiger partial charge in [-0.3, -0.25) is 9.59 Å². The predicted octanol–water partition coefficient (Wildman–Crippen LogP) is 2.97. The molecule has 0 aliphatic carbocycles. The van der Waals surface area contributed by atoms with Gasteiger partial charge in [0.05, 0.1) is 5.39 Å². The van der Waals surface area contributed by atoms with E-state index in [2.05, 4.69) is 17.3 Å². The summed E-state index contributed by atoms with van der Waals surface area (Å²) in [6.45, 7) is 7.32. The Bertz CT molecular complexity index is 735. The lowest BCUT2D eigenvalue weighted by Gasteiger charge is -2.12. The highest BCUT2D eigenvalue weighted by Crippen LogP contribution is 2.13. The minimum Gasteiger partial charge on any atom is -0.350 e. The summed E-state index contributed by atoms with van der Waals surface area (Å²) in [6, 6.07) is 7.18. The molecule has 0 aliphatic heterocycles. The van der Waals surface area contributed by atoms with Crippen LogP contribution < -0.4 is 10.9 Å². The summed E-state index contributed by atoms with van der Waals surface area (Å²) in [5.74, 6) is 0.139. The van der Waals surface area contributed by atoms with Crippen molar-refractivity contribution in [1.29, 1.82) is 0 Å².